The summed E-state index contributed by atoms with van der Waals surface area (Å²) in [6.45, 7) is 0. The zero-order valence-electron chi connectivity index (χ0n) is 9.09. The lowest BCUT2D eigenvalue weighted by Crippen LogP contribution is -1.91. The Labute approximate surface area is 119 Å². The van der Waals surface area contributed by atoms with E-state index < -0.39 is 5.82 Å². The normalized spacial score (nSPS) is 10.4. The minimum atomic E-state index is -0.416. The average molecular weight is 306 g/mol. The SMILES string of the molecule is Fc1ccc(Oc2ccc(Cl)cc2CCl)c(Cl)c1. The van der Waals surface area contributed by atoms with Gasteiger partial charge in [0.15, 0.2) is 0 Å². The van der Waals surface area contributed by atoms with E-state index in [1.807, 2.05) is 0 Å². The largest absolute Gasteiger partial charge is 0.455 e. The summed E-state index contributed by atoms with van der Waals surface area (Å²) in [5.41, 5.74) is 0.740. The zero-order valence-corrected chi connectivity index (χ0v) is 11.4. The number of alkyl halides is 1. The Morgan fingerprint density at radius 2 is 1.72 bits per heavy atom. The fourth-order valence-electron chi connectivity index (χ4n) is 1.43. The predicted octanol–water partition coefficient (Wildman–Crippen LogP) is 5.66. The summed E-state index contributed by atoms with van der Waals surface area (Å²) in [6, 6.07) is 9.01. The second-order valence-electron chi connectivity index (χ2n) is 3.56. The lowest BCUT2D eigenvalue weighted by atomic mass is 10.2. The Morgan fingerprint density at radius 1 is 1.00 bits per heavy atom. The van der Waals surface area contributed by atoms with Crippen LogP contribution in [-0.2, 0) is 5.88 Å². The van der Waals surface area contributed by atoms with E-state index in [4.69, 9.17) is 39.5 Å². The summed E-state index contributed by atoms with van der Waals surface area (Å²) in [7, 11) is 0. The fraction of sp³-hybridized carbons (Fsp3) is 0.0769. The Hall–Kier alpha value is -0.960. The van der Waals surface area contributed by atoms with Crippen LogP contribution in [0.1, 0.15) is 5.56 Å². The highest BCUT2D eigenvalue weighted by Gasteiger charge is 2.08. The third-order valence-corrected chi connectivity index (χ3v) is 3.10. The van der Waals surface area contributed by atoms with Gasteiger partial charge in [-0.3, -0.25) is 0 Å². The maximum atomic E-state index is 12.9. The van der Waals surface area contributed by atoms with Crippen LogP contribution in [0.4, 0.5) is 4.39 Å². The molecule has 0 aromatic heterocycles. The standard InChI is InChI=1S/C13H8Cl3FO/c14-7-8-5-9(15)1-3-12(8)18-13-4-2-10(17)6-11(13)16/h1-6H,7H2. The Balaban J connectivity index is 2.33. The second-order valence-corrected chi connectivity index (χ2v) is 4.67. The molecular weight excluding hydrogens is 297 g/mol. The lowest BCUT2D eigenvalue weighted by Gasteiger charge is -2.11. The van der Waals surface area contributed by atoms with Crippen molar-refractivity contribution >= 4 is 34.8 Å². The number of hydrogen-bond donors (Lipinski definition) is 0. The Bertz CT molecular complexity index is 572. The highest BCUT2D eigenvalue weighted by Crippen LogP contribution is 2.33. The molecule has 0 bridgehead atoms. The quantitative estimate of drug-likeness (QED) is 0.664. The van der Waals surface area contributed by atoms with Gasteiger partial charge in [0.2, 0.25) is 0 Å². The van der Waals surface area contributed by atoms with Gasteiger partial charge in [-0.2, -0.15) is 0 Å². The number of halogens is 4. The van der Waals surface area contributed by atoms with Crippen molar-refractivity contribution in [2.45, 2.75) is 5.88 Å². The van der Waals surface area contributed by atoms with E-state index in [0.717, 1.165) is 5.56 Å². The van der Waals surface area contributed by atoms with Crippen molar-refractivity contribution in [2.24, 2.45) is 0 Å². The van der Waals surface area contributed by atoms with Gasteiger partial charge < -0.3 is 4.74 Å². The van der Waals surface area contributed by atoms with Gasteiger partial charge >= 0.3 is 0 Å². The third kappa shape index (κ3) is 3.08. The molecule has 0 spiro atoms. The molecule has 94 valence electrons. The van der Waals surface area contributed by atoms with Crippen LogP contribution in [0.2, 0.25) is 10.0 Å². The van der Waals surface area contributed by atoms with Crippen molar-refractivity contribution in [1.29, 1.82) is 0 Å². The summed E-state index contributed by atoms with van der Waals surface area (Å²) in [6.07, 6.45) is 0. The first kappa shape index (κ1) is 13.5. The van der Waals surface area contributed by atoms with E-state index in [0.29, 0.717) is 16.5 Å². The number of hydrogen-bond acceptors (Lipinski definition) is 1. The highest BCUT2D eigenvalue weighted by atomic mass is 35.5. The lowest BCUT2D eigenvalue weighted by molar-refractivity contribution is 0.476. The second kappa shape index (κ2) is 5.79. The maximum Gasteiger partial charge on any atom is 0.146 e. The van der Waals surface area contributed by atoms with Gasteiger partial charge in [0.25, 0.3) is 0 Å². The highest BCUT2D eigenvalue weighted by molar-refractivity contribution is 6.32. The summed E-state index contributed by atoms with van der Waals surface area (Å²) in [5, 5.41) is 0.772. The van der Waals surface area contributed by atoms with Crippen LogP contribution in [0, 0.1) is 5.82 Å². The summed E-state index contributed by atoms with van der Waals surface area (Å²) < 4.78 is 18.5. The third-order valence-electron chi connectivity index (χ3n) is 2.28. The molecule has 0 radical (unpaired) electrons. The van der Waals surface area contributed by atoms with E-state index in [1.54, 1.807) is 18.2 Å². The van der Waals surface area contributed by atoms with Crippen molar-refractivity contribution in [2.75, 3.05) is 0 Å². The van der Waals surface area contributed by atoms with Gasteiger partial charge in [-0.25, -0.2) is 4.39 Å². The zero-order chi connectivity index (χ0) is 13.1. The molecule has 0 saturated carbocycles. The van der Waals surface area contributed by atoms with Crippen molar-refractivity contribution in [3.05, 3.63) is 57.8 Å². The van der Waals surface area contributed by atoms with E-state index in [1.165, 1.54) is 18.2 Å². The molecule has 5 heteroatoms. The first-order chi connectivity index (χ1) is 8.60. The van der Waals surface area contributed by atoms with Crippen molar-refractivity contribution in [1.82, 2.24) is 0 Å². The molecule has 0 atom stereocenters. The average Bonchev–Trinajstić information content (AvgIpc) is 2.34. The molecule has 0 aliphatic carbocycles. The van der Waals surface area contributed by atoms with Gasteiger partial charge in [-0.05, 0) is 36.4 Å². The van der Waals surface area contributed by atoms with Crippen molar-refractivity contribution in [3.8, 4) is 11.5 Å². The molecule has 2 aromatic rings. The number of ether oxygens (including phenoxy) is 1. The van der Waals surface area contributed by atoms with Crippen LogP contribution in [0.25, 0.3) is 0 Å². The molecule has 1 nitrogen and oxygen atoms in total. The molecular formula is C13H8Cl3FO. The molecule has 2 aromatic carbocycles. The van der Waals surface area contributed by atoms with Gasteiger partial charge in [0, 0.05) is 10.6 Å². The molecule has 0 saturated heterocycles. The predicted molar refractivity (Wildman–Crippen MR) is 72.5 cm³/mol. The molecule has 0 N–H and O–H groups in total. The Morgan fingerprint density at radius 3 is 2.39 bits per heavy atom. The fourth-order valence-corrected chi connectivity index (χ4v) is 2.04. The summed E-state index contributed by atoms with van der Waals surface area (Å²) in [5.74, 6) is 0.755. The monoisotopic (exact) mass is 304 g/mol. The van der Waals surface area contributed by atoms with Crippen LogP contribution in [0.3, 0.4) is 0 Å². The summed E-state index contributed by atoms with van der Waals surface area (Å²) >= 11 is 17.5. The smallest absolute Gasteiger partial charge is 0.146 e. The number of benzene rings is 2. The van der Waals surface area contributed by atoms with E-state index in [9.17, 15) is 4.39 Å². The van der Waals surface area contributed by atoms with Crippen molar-refractivity contribution in [3.63, 3.8) is 0 Å². The Kier molecular flexibility index (Phi) is 4.33. The molecule has 2 rings (SSSR count). The molecule has 0 fully saturated rings. The van der Waals surface area contributed by atoms with Gasteiger partial charge in [-0.1, -0.05) is 23.2 Å². The van der Waals surface area contributed by atoms with Crippen LogP contribution >= 0.6 is 34.8 Å². The molecule has 18 heavy (non-hydrogen) atoms. The maximum absolute atomic E-state index is 12.9. The molecule has 0 aliphatic heterocycles. The minimum Gasteiger partial charge on any atom is -0.455 e. The van der Waals surface area contributed by atoms with Crippen LogP contribution in [-0.4, -0.2) is 0 Å². The molecule has 0 amide bonds. The minimum absolute atomic E-state index is 0.200. The van der Waals surface area contributed by atoms with E-state index in [-0.39, 0.29) is 10.9 Å². The molecule has 0 heterocycles. The first-order valence-electron chi connectivity index (χ1n) is 5.07. The number of rotatable bonds is 3. The van der Waals surface area contributed by atoms with Crippen LogP contribution < -0.4 is 4.74 Å². The topological polar surface area (TPSA) is 9.23 Å². The van der Waals surface area contributed by atoms with Crippen LogP contribution in [0.5, 0.6) is 11.5 Å². The van der Waals surface area contributed by atoms with Gasteiger partial charge in [-0.15, -0.1) is 11.6 Å². The van der Waals surface area contributed by atoms with Gasteiger partial charge in [0.1, 0.15) is 17.3 Å². The molecule has 0 unspecified atom stereocenters. The first-order valence-corrected chi connectivity index (χ1v) is 6.36. The van der Waals surface area contributed by atoms with Crippen molar-refractivity contribution < 1.29 is 9.13 Å². The van der Waals surface area contributed by atoms with E-state index >= 15 is 0 Å². The van der Waals surface area contributed by atoms with Crippen LogP contribution in [0.15, 0.2) is 36.4 Å². The van der Waals surface area contributed by atoms with Gasteiger partial charge in [0.05, 0.1) is 10.9 Å². The van der Waals surface area contributed by atoms with E-state index in [2.05, 4.69) is 0 Å². The molecule has 0 aliphatic rings. The summed E-state index contributed by atoms with van der Waals surface area (Å²) in [4.78, 5) is 0.